The Kier molecular flexibility index (Phi) is 5.45. The third kappa shape index (κ3) is 2.47. The summed E-state index contributed by atoms with van der Waals surface area (Å²) in [5.74, 6) is -2.36. The molecule has 14 nitrogen and oxygen atoms in total. The molecule has 48 heavy (non-hydrogen) atoms. The lowest BCUT2D eigenvalue weighted by atomic mass is 9.52. The fourth-order valence-electron chi connectivity index (χ4n) is 10.0. The largest absolute Gasteiger partial charge is 0.392 e. The van der Waals surface area contributed by atoms with Crippen molar-refractivity contribution >= 4 is 78.2 Å². The SMILES string of the molecule is CN1C(=O)[C@@]23SSC1(CO)C(=O)N2[C@H]1Nc2ccccc2[C@@]1(C12c4ccccc4N[C@@H]1N1C(=O)[C@]4(CO)SS[C@]1(C(=O)N4C)[C@H]2O)[C@@H]3O. The van der Waals surface area contributed by atoms with Crippen LogP contribution in [0.5, 0.6) is 0 Å². The summed E-state index contributed by atoms with van der Waals surface area (Å²) >= 11 is 0. The van der Waals surface area contributed by atoms with Crippen LogP contribution in [0.2, 0.25) is 0 Å². The summed E-state index contributed by atoms with van der Waals surface area (Å²) in [7, 11) is 6.89. The number of fused-ring (bicyclic) bond motifs is 11. The number of hydrogen-bond acceptors (Lipinski definition) is 14. The van der Waals surface area contributed by atoms with Gasteiger partial charge >= 0.3 is 0 Å². The average molecular weight is 729 g/mol. The van der Waals surface area contributed by atoms with Crippen LogP contribution in [0, 0.1) is 0 Å². The number of aliphatic hydroxyl groups excluding tert-OH is 4. The van der Waals surface area contributed by atoms with Gasteiger partial charge in [0.15, 0.2) is 0 Å². The van der Waals surface area contributed by atoms with E-state index in [9.17, 15) is 39.6 Å². The van der Waals surface area contributed by atoms with E-state index in [1.54, 1.807) is 48.5 Å². The van der Waals surface area contributed by atoms with Crippen molar-refractivity contribution in [1.29, 1.82) is 0 Å². The number of benzene rings is 2. The van der Waals surface area contributed by atoms with Gasteiger partial charge in [-0.2, -0.15) is 0 Å². The molecule has 12 rings (SSSR count). The summed E-state index contributed by atoms with van der Waals surface area (Å²) in [6.45, 7) is -1.35. The fourth-order valence-corrected chi connectivity index (χ4v) is 17.4. The highest BCUT2D eigenvalue weighted by Gasteiger charge is 2.93. The van der Waals surface area contributed by atoms with Gasteiger partial charge in [-0.25, -0.2) is 0 Å². The number of carbonyl (C=O) groups is 4. The first-order chi connectivity index (χ1) is 23.0. The van der Waals surface area contributed by atoms with Crippen LogP contribution < -0.4 is 10.6 Å². The van der Waals surface area contributed by atoms with E-state index in [1.165, 1.54) is 33.7 Å². The van der Waals surface area contributed by atoms with Gasteiger partial charge in [-0.15, -0.1) is 0 Å². The maximum atomic E-state index is 14.7. The number of nitrogens with zero attached hydrogens (tertiary/aromatic N) is 4. The molecule has 250 valence electrons. The van der Waals surface area contributed by atoms with Crippen LogP contribution in [0.4, 0.5) is 11.4 Å². The van der Waals surface area contributed by atoms with E-state index in [2.05, 4.69) is 10.6 Å². The molecule has 18 heteroatoms. The molecule has 0 aliphatic carbocycles. The Labute approximate surface area is 288 Å². The van der Waals surface area contributed by atoms with Crippen molar-refractivity contribution in [3.05, 3.63) is 59.7 Å². The van der Waals surface area contributed by atoms with Gasteiger partial charge in [0.2, 0.25) is 19.5 Å². The van der Waals surface area contributed by atoms with E-state index in [-0.39, 0.29) is 0 Å². The van der Waals surface area contributed by atoms with Crippen LogP contribution in [-0.2, 0) is 30.0 Å². The fraction of sp³-hybridized carbons (Fsp3) is 0.467. The number of carbonyl (C=O) groups excluding carboxylic acids is 4. The number of rotatable bonds is 3. The van der Waals surface area contributed by atoms with Gasteiger partial charge in [0.25, 0.3) is 23.6 Å². The molecule has 4 amide bonds. The zero-order chi connectivity index (χ0) is 33.6. The number of para-hydroxylation sites is 2. The molecule has 2 aromatic carbocycles. The number of anilines is 2. The molecule has 2 unspecified atom stereocenters. The van der Waals surface area contributed by atoms with E-state index in [0.29, 0.717) is 22.5 Å². The third-order valence-corrected chi connectivity index (χ3v) is 19.4. The summed E-state index contributed by atoms with van der Waals surface area (Å²) in [5, 5.41) is 54.7. The first-order valence-corrected chi connectivity index (χ1v) is 19.5. The number of hydrogen-bond donors (Lipinski definition) is 6. The van der Waals surface area contributed by atoms with E-state index in [4.69, 9.17) is 0 Å². The summed E-state index contributed by atoms with van der Waals surface area (Å²) in [5.41, 5.74) is -1.46. The van der Waals surface area contributed by atoms with Crippen LogP contribution in [0.3, 0.4) is 0 Å². The van der Waals surface area contributed by atoms with Gasteiger partial charge in [0.1, 0.15) is 24.5 Å². The minimum Gasteiger partial charge on any atom is -0.392 e. The van der Waals surface area contributed by atoms with E-state index >= 15 is 0 Å². The molecule has 0 aromatic heterocycles. The molecule has 2 aromatic rings. The molecule has 10 heterocycles. The van der Waals surface area contributed by atoms with Gasteiger partial charge in [-0.3, -0.25) is 29.0 Å². The predicted molar refractivity (Wildman–Crippen MR) is 178 cm³/mol. The van der Waals surface area contributed by atoms with Crippen molar-refractivity contribution < 1.29 is 39.6 Å². The second-order valence-electron chi connectivity index (χ2n) is 13.4. The summed E-state index contributed by atoms with van der Waals surface area (Å²) in [4.78, 5) is 56.6. The highest BCUT2D eigenvalue weighted by atomic mass is 33.1. The standard InChI is InChI=1S/C30H28N6O8S4/c1-33-23(43)29-17(39)27(13-7-3-5-9-15(13)31-19(27)35(29)21(41)25(33,11-37)45-47-29)28-14-8-4-6-10-16(14)32-20(28)36-22(42)26(12-38)34(2)24(44)30(36,18(28)40)48-46-26/h3-10,17-20,31-32,37-40H,11-12H2,1-2H3/t17-,18-,19+,20+,25-,26?,27?,28+,29-,30+/m0/s1. The van der Waals surface area contributed by atoms with Gasteiger partial charge in [-0.1, -0.05) is 36.4 Å². The Morgan fingerprint density at radius 1 is 0.625 bits per heavy atom. The van der Waals surface area contributed by atoms with Crippen LogP contribution in [0.15, 0.2) is 48.5 Å². The van der Waals surface area contributed by atoms with Crippen LogP contribution in [0.1, 0.15) is 11.1 Å². The first kappa shape index (κ1) is 30.0. The molecule has 4 bridgehead atoms. The highest BCUT2D eigenvalue weighted by molar-refractivity contribution is 8.78. The Bertz CT molecular complexity index is 1810. The summed E-state index contributed by atoms with van der Waals surface area (Å²) in [6, 6.07) is 14.2. The summed E-state index contributed by atoms with van der Waals surface area (Å²) < 4.78 is 0. The maximum Gasteiger partial charge on any atom is 0.265 e. The van der Waals surface area contributed by atoms with E-state index < -0.39 is 91.7 Å². The lowest BCUT2D eigenvalue weighted by Crippen LogP contribution is -2.79. The van der Waals surface area contributed by atoms with Crippen LogP contribution in [-0.4, -0.2) is 135 Å². The minimum atomic E-state index is -1.91. The molecule has 10 aliphatic rings. The van der Waals surface area contributed by atoms with Crippen LogP contribution >= 0.6 is 43.2 Å². The molecule has 0 radical (unpaired) electrons. The second-order valence-corrected chi connectivity index (χ2v) is 18.7. The number of nitrogens with one attached hydrogen (secondary N) is 2. The zero-order valence-electron chi connectivity index (χ0n) is 25.2. The molecule has 2 spiro atoms. The average Bonchev–Trinajstić information content (AvgIpc) is 3.75. The second kappa shape index (κ2) is 8.71. The molecular formula is C30H28N6O8S4. The molecule has 10 atom stereocenters. The van der Waals surface area contributed by atoms with Crippen molar-refractivity contribution in [1.82, 2.24) is 19.6 Å². The molecule has 8 saturated heterocycles. The molecule has 6 N–H and O–H groups in total. The Hall–Kier alpha value is -2.84. The van der Waals surface area contributed by atoms with Crippen molar-refractivity contribution in [2.24, 2.45) is 0 Å². The Balaban J connectivity index is 1.34. The lowest BCUT2D eigenvalue weighted by molar-refractivity contribution is -0.169. The number of piperazine rings is 2. The van der Waals surface area contributed by atoms with Crippen LogP contribution in [0.25, 0.3) is 0 Å². The normalized spacial score (nSPS) is 45.5. The number of likely N-dealkylation sites (N-methyl/N-ethyl adjacent to an activating group) is 2. The van der Waals surface area contributed by atoms with Crippen molar-refractivity contribution in [3.63, 3.8) is 0 Å². The number of aliphatic hydroxyl groups is 4. The lowest BCUT2D eigenvalue weighted by Gasteiger charge is -2.58. The quantitative estimate of drug-likeness (QED) is 0.218. The summed E-state index contributed by atoms with van der Waals surface area (Å²) in [6.07, 6.45) is -5.79. The van der Waals surface area contributed by atoms with Crippen molar-refractivity contribution in [3.8, 4) is 0 Å². The third-order valence-electron chi connectivity index (χ3n) is 12.2. The van der Waals surface area contributed by atoms with E-state index in [1.807, 2.05) is 0 Å². The highest BCUT2D eigenvalue weighted by Crippen LogP contribution is 2.78. The van der Waals surface area contributed by atoms with Gasteiger partial charge in [-0.05, 0) is 66.4 Å². The number of amides is 4. The van der Waals surface area contributed by atoms with E-state index in [0.717, 1.165) is 43.2 Å². The molecule has 10 aliphatic heterocycles. The zero-order valence-corrected chi connectivity index (χ0v) is 28.5. The Morgan fingerprint density at radius 3 is 1.38 bits per heavy atom. The van der Waals surface area contributed by atoms with Crippen molar-refractivity contribution in [2.45, 2.75) is 54.9 Å². The molecule has 0 saturated carbocycles. The molecule has 8 fully saturated rings. The van der Waals surface area contributed by atoms with Gasteiger partial charge < -0.3 is 40.9 Å². The smallest absolute Gasteiger partial charge is 0.265 e. The Morgan fingerprint density at radius 2 is 1.00 bits per heavy atom. The van der Waals surface area contributed by atoms with Crippen molar-refractivity contribution in [2.75, 3.05) is 37.9 Å². The minimum absolute atomic E-state index is 0.498. The van der Waals surface area contributed by atoms with Gasteiger partial charge in [0, 0.05) is 25.5 Å². The van der Waals surface area contributed by atoms with Gasteiger partial charge in [0.05, 0.1) is 24.0 Å². The predicted octanol–water partition coefficient (Wildman–Crippen LogP) is -0.724. The topological polar surface area (TPSA) is 186 Å². The first-order valence-electron chi connectivity index (χ1n) is 15.2. The maximum absolute atomic E-state index is 14.7. The monoisotopic (exact) mass is 728 g/mol. The molecular weight excluding hydrogens is 701 g/mol.